The molecule has 0 aliphatic carbocycles. The molecule has 0 radical (unpaired) electrons. The Kier molecular flexibility index (Phi) is 9.06. The minimum absolute atomic E-state index is 0.411. The fraction of sp³-hybridized carbons (Fsp3) is 0.636. The van der Waals surface area contributed by atoms with Crippen LogP contribution in [0.5, 0.6) is 0 Å². The molecule has 0 saturated carbocycles. The highest BCUT2D eigenvalue weighted by molar-refractivity contribution is 7.98. The maximum absolute atomic E-state index is 11.3. The minimum Gasteiger partial charge on any atom is -0.480 e. The van der Waals surface area contributed by atoms with Crippen LogP contribution in [0.1, 0.15) is 19.3 Å². The summed E-state index contributed by atoms with van der Waals surface area (Å²) in [6.07, 6.45) is 8.64. The van der Waals surface area contributed by atoms with E-state index in [2.05, 4.69) is 16.6 Å². The number of unbranched alkanes of at least 4 members (excludes halogenated alkanes) is 1. The lowest BCUT2D eigenvalue weighted by atomic mass is 10.2. The largest absolute Gasteiger partial charge is 0.480 e. The van der Waals surface area contributed by atoms with Crippen molar-refractivity contribution in [3.8, 4) is 12.3 Å². The van der Waals surface area contributed by atoms with Crippen molar-refractivity contribution < 1.29 is 14.7 Å². The fourth-order valence-corrected chi connectivity index (χ4v) is 1.57. The average Bonchev–Trinajstić information content (AvgIpc) is 2.29. The van der Waals surface area contributed by atoms with E-state index >= 15 is 0 Å². The molecule has 0 saturated heterocycles. The van der Waals surface area contributed by atoms with E-state index in [1.54, 1.807) is 11.8 Å². The molecule has 0 aliphatic heterocycles. The predicted molar refractivity (Wildman–Crippen MR) is 69.0 cm³/mol. The molecule has 5 nitrogen and oxygen atoms in total. The van der Waals surface area contributed by atoms with Crippen LogP contribution < -0.4 is 10.6 Å². The second kappa shape index (κ2) is 9.85. The summed E-state index contributed by atoms with van der Waals surface area (Å²) in [5.41, 5.74) is 0. The number of carboxylic acid groups (broad SMARTS) is 1. The van der Waals surface area contributed by atoms with Gasteiger partial charge in [0.25, 0.3) is 0 Å². The Morgan fingerprint density at radius 2 is 2.24 bits per heavy atom. The van der Waals surface area contributed by atoms with Gasteiger partial charge in [0, 0.05) is 13.0 Å². The zero-order valence-electron chi connectivity index (χ0n) is 9.86. The fourth-order valence-electron chi connectivity index (χ4n) is 1.09. The number of terminal acetylenes is 1. The first-order valence-electron chi connectivity index (χ1n) is 5.31. The number of carbonyl (C=O) groups excluding carboxylic acids is 1. The number of hydrogen-bond donors (Lipinski definition) is 3. The normalized spacial score (nSPS) is 11.3. The molecule has 0 bridgehead atoms. The van der Waals surface area contributed by atoms with Gasteiger partial charge in [-0.3, -0.25) is 0 Å². The van der Waals surface area contributed by atoms with Crippen molar-refractivity contribution >= 4 is 23.8 Å². The van der Waals surface area contributed by atoms with Gasteiger partial charge in [-0.2, -0.15) is 11.8 Å². The molecule has 6 heteroatoms. The van der Waals surface area contributed by atoms with Crippen LogP contribution >= 0.6 is 11.8 Å². The molecule has 1 atom stereocenters. The number of aliphatic carboxylic acids is 1. The van der Waals surface area contributed by atoms with E-state index in [1.165, 1.54) is 0 Å². The van der Waals surface area contributed by atoms with Crippen LogP contribution in [-0.2, 0) is 4.79 Å². The van der Waals surface area contributed by atoms with Crippen molar-refractivity contribution in [1.29, 1.82) is 0 Å². The molecule has 2 amide bonds. The summed E-state index contributed by atoms with van der Waals surface area (Å²) in [5.74, 6) is 2.13. The molecule has 0 heterocycles. The number of carbonyl (C=O) groups is 2. The van der Waals surface area contributed by atoms with Gasteiger partial charge in [0.2, 0.25) is 0 Å². The highest BCUT2D eigenvalue weighted by Gasteiger charge is 2.18. The van der Waals surface area contributed by atoms with Crippen molar-refractivity contribution in [3.05, 3.63) is 0 Å². The number of thioether (sulfide) groups is 1. The third-order valence-corrected chi connectivity index (χ3v) is 2.64. The number of hydrogen-bond acceptors (Lipinski definition) is 3. The minimum atomic E-state index is -1.02. The maximum Gasteiger partial charge on any atom is 0.326 e. The highest BCUT2D eigenvalue weighted by atomic mass is 32.2. The van der Waals surface area contributed by atoms with Crippen LogP contribution in [0.4, 0.5) is 4.79 Å². The molecule has 0 aliphatic rings. The van der Waals surface area contributed by atoms with Crippen molar-refractivity contribution in [2.75, 3.05) is 18.6 Å². The Hall–Kier alpha value is -1.35. The van der Waals surface area contributed by atoms with Gasteiger partial charge in [-0.25, -0.2) is 9.59 Å². The van der Waals surface area contributed by atoms with E-state index in [1.807, 2.05) is 6.26 Å². The van der Waals surface area contributed by atoms with E-state index in [-0.39, 0.29) is 0 Å². The monoisotopic (exact) mass is 258 g/mol. The third kappa shape index (κ3) is 8.46. The zero-order valence-corrected chi connectivity index (χ0v) is 10.7. The molecular weight excluding hydrogens is 240 g/mol. The zero-order chi connectivity index (χ0) is 13.1. The van der Waals surface area contributed by atoms with E-state index in [0.717, 1.165) is 0 Å². The number of nitrogens with one attached hydrogen (secondary N) is 2. The lowest BCUT2D eigenvalue weighted by Gasteiger charge is -2.14. The van der Waals surface area contributed by atoms with Crippen molar-refractivity contribution in [2.45, 2.75) is 25.3 Å². The quantitative estimate of drug-likeness (QED) is 0.446. The Morgan fingerprint density at radius 3 is 2.76 bits per heavy atom. The number of carboxylic acids is 1. The molecule has 0 unspecified atom stereocenters. The molecule has 0 aromatic rings. The lowest BCUT2D eigenvalue weighted by molar-refractivity contribution is -0.139. The summed E-state index contributed by atoms with van der Waals surface area (Å²) in [7, 11) is 0. The van der Waals surface area contributed by atoms with Gasteiger partial charge in [-0.05, 0) is 24.9 Å². The van der Waals surface area contributed by atoms with E-state index in [0.29, 0.717) is 31.6 Å². The van der Waals surface area contributed by atoms with Crippen LogP contribution in [0.25, 0.3) is 0 Å². The third-order valence-electron chi connectivity index (χ3n) is 2.00. The van der Waals surface area contributed by atoms with Crippen LogP contribution in [0.3, 0.4) is 0 Å². The highest BCUT2D eigenvalue weighted by Crippen LogP contribution is 2.00. The summed E-state index contributed by atoms with van der Waals surface area (Å²) in [6.45, 7) is 0.449. The van der Waals surface area contributed by atoms with E-state index in [4.69, 9.17) is 11.5 Å². The SMILES string of the molecule is C#CCCCNC(=O)N[C@@H](CCSC)C(=O)O. The molecule has 3 N–H and O–H groups in total. The van der Waals surface area contributed by atoms with Crippen molar-refractivity contribution in [3.63, 3.8) is 0 Å². The number of amides is 2. The first-order chi connectivity index (χ1) is 8.11. The summed E-state index contributed by atoms with van der Waals surface area (Å²) in [4.78, 5) is 22.2. The van der Waals surface area contributed by atoms with Gasteiger partial charge in [0.05, 0.1) is 0 Å². The lowest BCUT2D eigenvalue weighted by Crippen LogP contribution is -2.46. The van der Waals surface area contributed by atoms with Gasteiger partial charge in [-0.15, -0.1) is 12.3 Å². The van der Waals surface area contributed by atoms with Gasteiger partial charge in [-0.1, -0.05) is 0 Å². The molecule has 0 aromatic carbocycles. The molecule has 96 valence electrons. The smallest absolute Gasteiger partial charge is 0.326 e. The average molecular weight is 258 g/mol. The molecular formula is C11H18N2O3S. The topological polar surface area (TPSA) is 78.4 Å². The Morgan fingerprint density at radius 1 is 1.53 bits per heavy atom. The number of urea groups is 1. The molecule has 0 aromatic heterocycles. The molecule has 0 fully saturated rings. The molecule has 17 heavy (non-hydrogen) atoms. The van der Waals surface area contributed by atoms with E-state index in [9.17, 15) is 9.59 Å². The van der Waals surface area contributed by atoms with Crippen LogP contribution in [0.2, 0.25) is 0 Å². The first kappa shape index (κ1) is 15.7. The Labute approximate surface area is 106 Å². The van der Waals surface area contributed by atoms with Crippen LogP contribution in [-0.4, -0.2) is 41.7 Å². The summed E-state index contributed by atoms with van der Waals surface area (Å²) >= 11 is 1.54. The molecule has 0 spiro atoms. The first-order valence-corrected chi connectivity index (χ1v) is 6.70. The second-order valence-corrected chi connectivity index (χ2v) is 4.37. The van der Waals surface area contributed by atoms with Crippen LogP contribution in [0, 0.1) is 12.3 Å². The van der Waals surface area contributed by atoms with Gasteiger partial charge < -0.3 is 15.7 Å². The Balaban J connectivity index is 3.88. The van der Waals surface area contributed by atoms with Gasteiger partial charge >= 0.3 is 12.0 Å². The van der Waals surface area contributed by atoms with Gasteiger partial charge in [0.15, 0.2) is 0 Å². The number of rotatable bonds is 8. The second-order valence-electron chi connectivity index (χ2n) is 3.38. The van der Waals surface area contributed by atoms with E-state index < -0.39 is 18.0 Å². The van der Waals surface area contributed by atoms with Crippen molar-refractivity contribution in [1.82, 2.24) is 10.6 Å². The summed E-state index contributed by atoms with van der Waals surface area (Å²) in [5, 5.41) is 13.9. The predicted octanol–water partition coefficient (Wildman–Crippen LogP) is 0.905. The standard InChI is InChI=1S/C11H18N2O3S/c1-3-4-5-7-12-11(16)13-9(10(14)15)6-8-17-2/h1,9H,4-8H2,2H3,(H,14,15)(H2,12,13,16)/t9-/m0/s1. The van der Waals surface area contributed by atoms with Crippen molar-refractivity contribution in [2.24, 2.45) is 0 Å². The molecule has 0 rings (SSSR count). The van der Waals surface area contributed by atoms with Gasteiger partial charge in [0.1, 0.15) is 6.04 Å². The summed E-state index contributed by atoms with van der Waals surface area (Å²) < 4.78 is 0. The van der Waals surface area contributed by atoms with Crippen LogP contribution in [0.15, 0.2) is 0 Å². The summed E-state index contributed by atoms with van der Waals surface area (Å²) in [6, 6.07) is -1.30. The maximum atomic E-state index is 11.3. The Bertz CT molecular complexity index is 289.